The Kier molecular flexibility index (Phi) is 7.47. The Balaban J connectivity index is 1.15. The monoisotopic (exact) mass is 708 g/mol. The molecule has 0 saturated heterocycles. The standard InChI is InChI=1S/C51H40N4/c1-50(2)42-24-13-11-23-41(42)45-43(51(50,3)4)31-30-40-39-22-12-14-25-44(39)55(46(40)45)38-28-26-35(27-29-38)48-52-47(34-18-9-6-10-19-34)53-49(54-48)37-21-15-20-36(32-37)33-16-7-5-8-17-33/h5-32H,1-4H3. The van der Waals surface area contributed by atoms with Crippen molar-refractivity contribution < 1.29 is 0 Å². The quantitative estimate of drug-likeness (QED) is 0.179. The van der Waals surface area contributed by atoms with Crippen molar-refractivity contribution in [1.29, 1.82) is 0 Å². The van der Waals surface area contributed by atoms with Gasteiger partial charge in [0.2, 0.25) is 0 Å². The number of nitrogens with zero attached hydrogens (tertiary/aromatic N) is 4. The molecule has 0 amide bonds. The van der Waals surface area contributed by atoms with Crippen molar-refractivity contribution in [1.82, 2.24) is 19.5 Å². The second-order valence-electron chi connectivity index (χ2n) is 15.7. The minimum absolute atomic E-state index is 0.0480. The molecule has 0 spiro atoms. The number of aromatic nitrogens is 4. The predicted octanol–water partition coefficient (Wildman–Crippen LogP) is 12.9. The fourth-order valence-electron chi connectivity index (χ4n) is 8.62. The van der Waals surface area contributed by atoms with Crippen LogP contribution in [0.4, 0.5) is 0 Å². The van der Waals surface area contributed by atoms with Gasteiger partial charge in [0.15, 0.2) is 17.5 Å². The molecule has 0 unspecified atom stereocenters. The third-order valence-electron chi connectivity index (χ3n) is 12.2. The highest BCUT2D eigenvalue weighted by Crippen LogP contribution is 2.56. The zero-order valence-corrected chi connectivity index (χ0v) is 31.5. The molecule has 9 aromatic rings. The van der Waals surface area contributed by atoms with E-state index in [9.17, 15) is 0 Å². The van der Waals surface area contributed by atoms with Gasteiger partial charge in [-0.25, -0.2) is 15.0 Å². The van der Waals surface area contributed by atoms with Crippen LogP contribution >= 0.6 is 0 Å². The van der Waals surface area contributed by atoms with Crippen LogP contribution in [0, 0.1) is 0 Å². The summed E-state index contributed by atoms with van der Waals surface area (Å²) < 4.78 is 2.46. The number of para-hydroxylation sites is 1. The molecule has 264 valence electrons. The molecule has 10 rings (SSSR count). The smallest absolute Gasteiger partial charge is 0.164 e. The normalized spacial score (nSPS) is 14.1. The average Bonchev–Trinajstić information content (AvgIpc) is 3.58. The SMILES string of the molecule is CC1(C)c2ccccc2-c2c(ccc3c4ccccc4n(-c4ccc(-c5nc(-c6ccccc6)nc(-c6cccc(-c7ccccc7)c6)n5)cc4)c23)C1(C)C. The second kappa shape index (κ2) is 12.5. The molecule has 0 N–H and O–H groups in total. The Labute approximate surface area is 321 Å². The van der Waals surface area contributed by atoms with Gasteiger partial charge in [0.25, 0.3) is 0 Å². The van der Waals surface area contributed by atoms with E-state index in [0.717, 1.165) is 33.5 Å². The molecule has 0 bridgehead atoms. The van der Waals surface area contributed by atoms with E-state index in [1.165, 1.54) is 44.1 Å². The Morgan fingerprint density at radius 3 is 1.67 bits per heavy atom. The van der Waals surface area contributed by atoms with E-state index >= 15 is 0 Å². The molecule has 1 aliphatic rings. The second-order valence-corrected chi connectivity index (χ2v) is 15.7. The average molecular weight is 709 g/mol. The summed E-state index contributed by atoms with van der Waals surface area (Å²) in [6.07, 6.45) is 0. The van der Waals surface area contributed by atoms with Crippen molar-refractivity contribution >= 4 is 21.8 Å². The lowest BCUT2D eigenvalue weighted by molar-refractivity contribution is 0.299. The number of rotatable bonds is 5. The van der Waals surface area contributed by atoms with Crippen molar-refractivity contribution in [2.24, 2.45) is 0 Å². The molecule has 0 atom stereocenters. The molecular formula is C51H40N4. The van der Waals surface area contributed by atoms with E-state index < -0.39 is 0 Å². The molecule has 0 fully saturated rings. The summed E-state index contributed by atoms with van der Waals surface area (Å²) >= 11 is 0. The molecule has 2 heterocycles. The van der Waals surface area contributed by atoms with Crippen molar-refractivity contribution in [3.8, 4) is 62.1 Å². The highest BCUT2D eigenvalue weighted by Gasteiger charge is 2.46. The van der Waals surface area contributed by atoms with Crippen LogP contribution in [0.25, 0.3) is 83.9 Å². The van der Waals surface area contributed by atoms with Crippen molar-refractivity contribution in [2.75, 3.05) is 0 Å². The van der Waals surface area contributed by atoms with Crippen molar-refractivity contribution in [3.63, 3.8) is 0 Å². The van der Waals surface area contributed by atoms with Crippen LogP contribution in [-0.4, -0.2) is 19.5 Å². The summed E-state index contributed by atoms with van der Waals surface area (Å²) in [5.41, 5.74) is 13.9. The molecule has 0 aliphatic heterocycles. The molecular weight excluding hydrogens is 669 g/mol. The third kappa shape index (κ3) is 5.16. The highest BCUT2D eigenvalue weighted by atomic mass is 15.0. The van der Waals surface area contributed by atoms with Gasteiger partial charge >= 0.3 is 0 Å². The lowest BCUT2D eigenvalue weighted by Crippen LogP contribution is -2.43. The molecule has 2 aromatic heterocycles. The zero-order chi connectivity index (χ0) is 37.3. The molecule has 4 heteroatoms. The largest absolute Gasteiger partial charge is 0.309 e. The maximum Gasteiger partial charge on any atom is 0.164 e. The van der Waals surface area contributed by atoms with Gasteiger partial charge in [0.1, 0.15) is 0 Å². The Bertz CT molecular complexity index is 2900. The first kappa shape index (κ1) is 33.0. The number of fused-ring (bicyclic) bond motifs is 7. The Morgan fingerprint density at radius 1 is 0.400 bits per heavy atom. The van der Waals surface area contributed by atoms with Gasteiger partial charge in [-0.15, -0.1) is 0 Å². The van der Waals surface area contributed by atoms with E-state index in [1.807, 2.05) is 24.3 Å². The maximum atomic E-state index is 5.11. The third-order valence-corrected chi connectivity index (χ3v) is 12.2. The minimum atomic E-state index is -0.0938. The first-order chi connectivity index (χ1) is 26.8. The molecule has 1 aliphatic carbocycles. The van der Waals surface area contributed by atoms with E-state index in [-0.39, 0.29) is 10.8 Å². The van der Waals surface area contributed by atoms with Crippen LogP contribution in [0.3, 0.4) is 0 Å². The summed E-state index contributed by atoms with van der Waals surface area (Å²) in [6.45, 7) is 9.59. The number of benzene rings is 7. The van der Waals surface area contributed by atoms with E-state index in [0.29, 0.717) is 17.5 Å². The molecule has 0 radical (unpaired) electrons. The summed E-state index contributed by atoms with van der Waals surface area (Å²) in [4.78, 5) is 15.2. The topological polar surface area (TPSA) is 43.6 Å². The minimum Gasteiger partial charge on any atom is -0.309 e. The van der Waals surface area contributed by atoms with E-state index in [1.54, 1.807) is 0 Å². The predicted molar refractivity (Wildman–Crippen MR) is 227 cm³/mol. The maximum absolute atomic E-state index is 5.11. The summed E-state index contributed by atoms with van der Waals surface area (Å²) in [5.74, 6) is 1.93. The van der Waals surface area contributed by atoms with Gasteiger partial charge in [0.05, 0.1) is 11.0 Å². The van der Waals surface area contributed by atoms with E-state index in [2.05, 4.69) is 178 Å². The Morgan fingerprint density at radius 2 is 0.945 bits per heavy atom. The molecule has 4 nitrogen and oxygen atoms in total. The van der Waals surface area contributed by atoms with Crippen LogP contribution in [0.2, 0.25) is 0 Å². The molecule has 55 heavy (non-hydrogen) atoms. The fraction of sp³-hybridized carbons (Fsp3) is 0.118. The van der Waals surface area contributed by atoms with E-state index in [4.69, 9.17) is 15.0 Å². The van der Waals surface area contributed by atoms with Crippen LogP contribution in [0.15, 0.2) is 170 Å². The van der Waals surface area contributed by atoms with Crippen molar-refractivity contribution in [3.05, 3.63) is 181 Å². The molecule has 0 saturated carbocycles. The van der Waals surface area contributed by atoms with Gasteiger partial charge in [0, 0.05) is 38.7 Å². The number of hydrogen-bond acceptors (Lipinski definition) is 3. The van der Waals surface area contributed by atoms with Gasteiger partial charge < -0.3 is 4.57 Å². The highest BCUT2D eigenvalue weighted by molar-refractivity contribution is 6.15. The van der Waals surface area contributed by atoms with Crippen LogP contribution in [0.5, 0.6) is 0 Å². The van der Waals surface area contributed by atoms with Gasteiger partial charge in [-0.05, 0) is 75.0 Å². The summed E-state index contributed by atoms with van der Waals surface area (Å²) in [5, 5.41) is 2.51. The zero-order valence-electron chi connectivity index (χ0n) is 31.5. The first-order valence-electron chi connectivity index (χ1n) is 19.0. The van der Waals surface area contributed by atoms with Gasteiger partial charge in [-0.2, -0.15) is 0 Å². The lowest BCUT2D eigenvalue weighted by atomic mass is 9.55. The summed E-state index contributed by atoms with van der Waals surface area (Å²) in [6, 6.07) is 60.3. The Hall–Kier alpha value is -6.65. The summed E-state index contributed by atoms with van der Waals surface area (Å²) in [7, 11) is 0. The van der Waals surface area contributed by atoms with Gasteiger partial charge in [-0.1, -0.05) is 161 Å². The lowest BCUT2D eigenvalue weighted by Gasteiger charge is -2.48. The first-order valence-corrected chi connectivity index (χ1v) is 19.0. The van der Waals surface area contributed by atoms with Crippen molar-refractivity contribution in [2.45, 2.75) is 38.5 Å². The van der Waals surface area contributed by atoms with Crippen LogP contribution in [0.1, 0.15) is 38.8 Å². The van der Waals surface area contributed by atoms with Gasteiger partial charge in [-0.3, -0.25) is 0 Å². The molecule has 7 aromatic carbocycles. The number of hydrogen-bond donors (Lipinski definition) is 0. The fourth-order valence-corrected chi connectivity index (χ4v) is 8.62. The van der Waals surface area contributed by atoms with Crippen LogP contribution < -0.4 is 0 Å². The van der Waals surface area contributed by atoms with Crippen LogP contribution in [-0.2, 0) is 10.8 Å².